The number of alkyl halides is 3. The van der Waals surface area contributed by atoms with E-state index in [-0.39, 0.29) is 24.0 Å². The molecule has 1 aromatic rings. The second-order valence-corrected chi connectivity index (χ2v) is 7.10. The van der Waals surface area contributed by atoms with E-state index in [1.807, 2.05) is 18.4 Å². The van der Waals surface area contributed by atoms with Crippen LogP contribution in [0.3, 0.4) is 0 Å². The van der Waals surface area contributed by atoms with Gasteiger partial charge in [-0.1, -0.05) is 6.92 Å². The van der Waals surface area contributed by atoms with E-state index in [2.05, 4.69) is 25.8 Å². The van der Waals surface area contributed by atoms with Crippen molar-refractivity contribution in [2.75, 3.05) is 39.3 Å². The molecule has 168 valence electrons. The summed E-state index contributed by atoms with van der Waals surface area (Å²) >= 11 is 0. The summed E-state index contributed by atoms with van der Waals surface area (Å²) in [4.78, 5) is 6.11. The minimum atomic E-state index is -4.10. The summed E-state index contributed by atoms with van der Waals surface area (Å²) in [6.45, 7) is 7.23. The molecule has 0 bridgehead atoms. The average molecular weight is 531 g/mol. The van der Waals surface area contributed by atoms with Crippen LogP contribution >= 0.6 is 24.0 Å². The van der Waals surface area contributed by atoms with Crippen molar-refractivity contribution in [2.45, 2.75) is 52.3 Å². The Morgan fingerprint density at radius 3 is 2.59 bits per heavy atom. The Kier molecular flexibility index (Phi) is 11.8. The van der Waals surface area contributed by atoms with Gasteiger partial charge in [0.25, 0.3) is 0 Å². The molecule has 1 saturated heterocycles. The van der Waals surface area contributed by atoms with Crippen LogP contribution in [0.1, 0.15) is 38.9 Å². The van der Waals surface area contributed by atoms with E-state index in [0.717, 1.165) is 50.6 Å². The molecule has 0 spiro atoms. The average Bonchev–Trinajstić information content (AvgIpc) is 3.09. The van der Waals surface area contributed by atoms with Crippen LogP contribution in [0.25, 0.3) is 0 Å². The smallest absolute Gasteiger partial charge is 0.357 e. The Morgan fingerprint density at radius 2 is 1.97 bits per heavy atom. The van der Waals surface area contributed by atoms with Crippen LogP contribution in [0.15, 0.2) is 11.3 Å². The third-order valence-corrected chi connectivity index (χ3v) is 4.92. The predicted octanol–water partition coefficient (Wildman–Crippen LogP) is 2.68. The standard InChI is InChI=1S/C18H32F3N7.HI/c1-3-16-26-25-14-28(16)12-9-24-17(22-4-2)23-8-5-15-6-10-27(11-7-15)13-18(19,20)21;/h14-15H,3-13H2,1-2H3,(H2,22,23,24);1H. The molecule has 0 aliphatic carbocycles. The molecule has 2 heterocycles. The number of rotatable bonds is 9. The van der Waals surface area contributed by atoms with Gasteiger partial charge in [-0.05, 0) is 45.2 Å². The highest BCUT2D eigenvalue weighted by atomic mass is 127. The molecule has 1 fully saturated rings. The van der Waals surface area contributed by atoms with Crippen molar-refractivity contribution in [3.8, 4) is 0 Å². The fraction of sp³-hybridized carbons (Fsp3) is 0.833. The SMILES string of the molecule is CCNC(=NCCC1CCN(CC(F)(F)F)CC1)NCCn1cnnc1CC.I. The summed E-state index contributed by atoms with van der Waals surface area (Å²) in [5.41, 5.74) is 0. The number of likely N-dealkylation sites (tertiary alicyclic amines) is 1. The van der Waals surface area contributed by atoms with Gasteiger partial charge in [0.2, 0.25) is 0 Å². The van der Waals surface area contributed by atoms with Crippen molar-refractivity contribution in [1.29, 1.82) is 0 Å². The monoisotopic (exact) mass is 531 g/mol. The van der Waals surface area contributed by atoms with Crippen molar-refractivity contribution < 1.29 is 13.2 Å². The van der Waals surface area contributed by atoms with E-state index >= 15 is 0 Å². The van der Waals surface area contributed by atoms with E-state index in [1.54, 1.807) is 6.33 Å². The molecule has 0 unspecified atom stereocenters. The molecule has 2 N–H and O–H groups in total. The summed E-state index contributed by atoms with van der Waals surface area (Å²) in [6, 6.07) is 0. The number of hydrogen-bond donors (Lipinski definition) is 2. The molecule has 0 saturated carbocycles. The van der Waals surface area contributed by atoms with Crippen LogP contribution in [0.2, 0.25) is 0 Å². The lowest BCUT2D eigenvalue weighted by molar-refractivity contribution is -0.148. The Balaban J connectivity index is 0.00000420. The second kappa shape index (κ2) is 13.2. The second-order valence-electron chi connectivity index (χ2n) is 7.10. The maximum atomic E-state index is 12.5. The quantitative estimate of drug-likeness (QED) is 0.292. The van der Waals surface area contributed by atoms with Gasteiger partial charge in [0.15, 0.2) is 5.96 Å². The largest absolute Gasteiger partial charge is 0.401 e. The lowest BCUT2D eigenvalue weighted by Crippen LogP contribution is -2.40. The highest BCUT2D eigenvalue weighted by Gasteiger charge is 2.32. The van der Waals surface area contributed by atoms with Crippen LogP contribution in [0.4, 0.5) is 13.2 Å². The van der Waals surface area contributed by atoms with Gasteiger partial charge in [-0.2, -0.15) is 13.2 Å². The van der Waals surface area contributed by atoms with E-state index < -0.39 is 12.7 Å². The third kappa shape index (κ3) is 9.96. The van der Waals surface area contributed by atoms with Crippen LogP contribution in [-0.2, 0) is 13.0 Å². The molecule has 0 aromatic carbocycles. The van der Waals surface area contributed by atoms with Crippen molar-refractivity contribution in [1.82, 2.24) is 30.3 Å². The molecule has 7 nitrogen and oxygen atoms in total. The Morgan fingerprint density at radius 1 is 1.24 bits per heavy atom. The van der Waals surface area contributed by atoms with E-state index in [1.165, 1.54) is 4.90 Å². The molecule has 2 rings (SSSR count). The Bertz CT molecular complexity index is 599. The van der Waals surface area contributed by atoms with Crippen LogP contribution in [0, 0.1) is 5.92 Å². The normalized spacial score (nSPS) is 16.5. The summed E-state index contributed by atoms with van der Waals surface area (Å²) in [5, 5.41) is 14.5. The van der Waals surface area contributed by atoms with Crippen molar-refractivity contribution in [2.24, 2.45) is 10.9 Å². The van der Waals surface area contributed by atoms with E-state index in [0.29, 0.717) is 32.1 Å². The lowest BCUT2D eigenvalue weighted by Gasteiger charge is -2.32. The molecular formula is C18H33F3IN7. The van der Waals surface area contributed by atoms with Gasteiger partial charge in [-0.15, -0.1) is 34.2 Å². The lowest BCUT2D eigenvalue weighted by atomic mass is 9.93. The van der Waals surface area contributed by atoms with Gasteiger partial charge >= 0.3 is 6.18 Å². The first kappa shape index (κ1) is 25.9. The van der Waals surface area contributed by atoms with E-state index in [9.17, 15) is 13.2 Å². The Labute approximate surface area is 187 Å². The highest BCUT2D eigenvalue weighted by Crippen LogP contribution is 2.24. The molecule has 0 radical (unpaired) electrons. The van der Waals surface area contributed by atoms with Crippen LogP contribution < -0.4 is 10.6 Å². The zero-order valence-corrected chi connectivity index (χ0v) is 19.5. The fourth-order valence-electron chi connectivity index (χ4n) is 3.42. The van der Waals surface area contributed by atoms with Gasteiger partial charge < -0.3 is 15.2 Å². The zero-order chi connectivity index (χ0) is 20.4. The maximum Gasteiger partial charge on any atom is 0.401 e. The number of halogens is 4. The molecule has 0 amide bonds. The maximum absolute atomic E-state index is 12.5. The van der Waals surface area contributed by atoms with E-state index in [4.69, 9.17) is 0 Å². The van der Waals surface area contributed by atoms with Gasteiger partial charge in [0.05, 0.1) is 6.54 Å². The van der Waals surface area contributed by atoms with Crippen molar-refractivity contribution in [3.63, 3.8) is 0 Å². The highest BCUT2D eigenvalue weighted by molar-refractivity contribution is 14.0. The number of nitrogens with one attached hydrogen (secondary N) is 2. The number of nitrogens with zero attached hydrogens (tertiary/aromatic N) is 5. The summed E-state index contributed by atoms with van der Waals surface area (Å²) in [5.74, 6) is 2.17. The molecule has 11 heteroatoms. The van der Waals surface area contributed by atoms with Gasteiger partial charge in [-0.3, -0.25) is 9.89 Å². The van der Waals surface area contributed by atoms with Crippen LogP contribution in [0.5, 0.6) is 0 Å². The topological polar surface area (TPSA) is 70.4 Å². The number of hydrogen-bond acceptors (Lipinski definition) is 4. The minimum Gasteiger partial charge on any atom is -0.357 e. The van der Waals surface area contributed by atoms with Crippen molar-refractivity contribution in [3.05, 3.63) is 12.2 Å². The molecule has 0 atom stereocenters. The first-order valence-corrected chi connectivity index (χ1v) is 10.1. The molecule has 29 heavy (non-hydrogen) atoms. The number of aryl methyl sites for hydroxylation is 1. The zero-order valence-electron chi connectivity index (χ0n) is 17.2. The summed E-state index contributed by atoms with van der Waals surface area (Å²) in [7, 11) is 0. The molecule has 1 aromatic heterocycles. The number of aromatic nitrogens is 3. The molecular weight excluding hydrogens is 498 g/mol. The summed E-state index contributed by atoms with van der Waals surface area (Å²) < 4.78 is 39.4. The molecule has 1 aliphatic rings. The number of guanidine groups is 1. The van der Waals surface area contributed by atoms with Gasteiger partial charge in [0.1, 0.15) is 12.2 Å². The first-order chi connectivity index (χ1) is 13.4. The Hall–Kier alpha value is -1.11. The van der Waals surface area contributed by atoms with Gasteiger partial charge in [0, 0.05) is 32.6 Å². The number of piperidine rings is 1. The van der Waals surface area contributed by atoms with Crippen LogP contribution in [-0.4, -0.2) is 71.1 Å². The number of aliphatic imine (C=N–C) groups is 1. The van der Waals surface area contributed by atoms with Gasteiger partial charge in [-0.25, -0.2) is 0 Å². The minimum absolute atomic E-state index is 0. The van der Waals surface area contributed by atoms with Crippen molar-refractivity contribution >= 4 is 29.9 Å². The first-order valence-electron chi connectivity index (χ1n) is 10.1. The summed E-state index contributed by atoms with van der Waals surface area (Å²) in [6.07, 6.45) is 0.994. The predicted molar refractivity (Wildman–Crippen MR) is 119 cm³/mol. The third-order valence-electron chi connectivity index (χ3n) is 4.92. The molecule has 1 aliphatic heterocycles. The fourth-order valence-corrected chi connectivity index (χ4v) is 3.42.